The Labute approximate surface area is 176 Å². The molecule has 0 spiro atoms. The number of piperazine rings is 1. The van der Waals surface area contributed by atoms with E-state index in [0.29, 0.717) is 40.7 Å². The number of H-pyrrole nitrogens is 1. The largest absolute Gasteiger partial charge is 0.340 e. The lowest BCUT2D eigenvalue weighted by molar-refractivity contribution is 0.0630. The number of carbonyl (C=O) groups excluding carboxylic acids is 1. The normalized spacial score (nSPS) is 15.3. The second kappa shape index (κ2) is 8.65. The van der Waals surface area contributed by atoms with E-state index in [0.717, 1.165) is 37.4 Å². The molecule has 0 radical (unpaired) electrons. The summed E-state index contributed by atoms with van der Waals surface area (Å²) in [5.74, 6) is 1.25. The van der Waals surface area contributed by atoms with E-state index in [4.69, 9.17) is 27.7 Å². The van der Waals surface area contributed by atoms with Gasteiger partial charge >= 0.3 is 0 Å². The number of amides is 1. The maximum Gasteiger partial charge on any atom is 0.270 e. The summed E-state index contributed by atoms with van der Waals surface area (Å²) in [4.78, 5) is 25.0. The first-order chi connectivity index (χ1) is 13.6. The molecule has 0 atom stereocenters. The molecule has 10 heteroatoms. The van der Waals surface area contributed by atoms with Gasteiger partial charge in [0.25, 0.3) is 5.91 Å². The van der Waals surface area contributed by atoms with Crippen molar-refractivity contribution < 1.29 is 9.32 Å². The van der Waals surface area contributed by atoms with Gasteiger partial charge in [-0.2, -0.15) is 4.98 Å². The van der Waals surface area contributed by atoms with Crippen LogP contribution in [0.2, 0.25) is 10.2 Å². The summed E-state index contributed by atoms with van der Waals surface area (Å²) in [6.07, 6.45) is 1.68. The van der Waals surface area contributed by atoms with Gasteiger partial charge in [-0.05, 0) is 30.5 Å². The summed E-state index contributed by atoms with van der Waals surface area (Å²) in [7, 11) is 0. The fourth-order valence-electron chi connectivity index (χ4n) is 3.18. The molecule has 3 aromatic heterocycles. The van der Waals surface area contributed by atoms with E-state index >= 15 is 0 Å². The van der Waals surface area contributed by atoms with Crippen LogP contribution in [0, 0.1) is 0 Å². The van der Waals surface area contributed by atoms with Gasteiger partial charge in [-0.25, -0.2) is 0 Å². The molecule has 28 heavy (non-hydrogen) atoms. The van der Waals surface area contributed by atoms with Crippen molar-refractivity contribution in [1.82, 2.24) is 24.9 Å². The first-order valence-corrected chi connectivity index (χ1v) is 10.7. The van der Waals surface area contributed by atoms with Crippen LogP contribution in [-0.4, -0.2) is 63.6 Å². The Morgan fingerprint density at radius 3 is 2.79 bits per heavy atom. The summed E-state index contributed by atoms with van der Waals surface area (Å²) in [5, 5.41) is 6.70. The standard InChI is InChI=1S/C18H19Cl2N5O2S/c19-12-11-13(21-16(12)20)18(26)25-8-6-24(7-9-25)5-1-4-15-22-17(23-27-15)14-3-2-10-28-14/h2-3,10-11,21H,1,4-9H2. The van der Waals surface area contributed by atoms with Crippen LogP contribution < -0.4 is 0 Å². The molecule has 1 saturated heterocycles. The molecule has 3 aromatic rings. The third-order valence-corrected chi connectivity index (χ3v) is 6.25. The summed E-state index contributed by atoms with van der Waals surface area (Å²) in [6.45, 7) is 3.95. The minimum absolute atomic E-state index is 0.0691. The molecule has 0 unspecified atom stereocenters. The van der Waals surface area contributed by atoms with Gasteiger partial charge in [0, 0.05) is 32.6 Å². The Morgan fingerprint density at radius 1 is 1.29 bits per heavy atom. The molecule has 1 amide bonds. The summed E-state index contributed by atoms with van der Waals surface area (Å²) >= 11 is 13.4. The van der Waals surface area contributed by atoms with Crippen molar-refractivity contribution in [3.63, 3.8) is 0 Å². The van der Waals surface area contributed by atoms with Crippen molar-refractivity contribution in [2.45, 2.75) is 12.8 Å². The quantitative estimate of drug-likeness (QED) is 0.631. The summed E-state index contributed by atoms with van der Waals surface area (Å²) in [5.41, 5.74) is 0.432. The topological polar surface area (TPSA) is 78.3 Å². The van der Waals surface area contributed by atoms with Gasteiger partial charge in [0.2, 0.25) is 11.7 Å². The van der Waals surface area contributed by atoms with Crippen LogP contribution in [-0.2, 0) is 6.42 Å². The molecule has 4 rings (SSSR count). The lowest BCUT2D eigenvalue weighted by Crippen LogP contribution is -2.49. The van der Waals surface area contributed by atoms with Crippen molar-refractivity contribution in [1.29, 1.82) is 0 Å². The monoisotopic (exact) mass is 439 g/mol. The maximum absolute atomic E-state index is 12.5. The second-order valence-corrected chi connectivity index (χ2v) is 8.30. The van der Waals surface area contributed by atoms with Gasteiger partial charge in [0.05, 0.1) is 9.90 Å². The van der Waals surface area contributed by atoms with E-state index in [-0.39, 0.29) is 5.91 Å². The first-order valence-electron chi connectivity index (χ1n) is 9.02. The van der Waals surface area contributed by atoms with E-state index in [1.165, 1.54) is 0 Å². The van der Waals surface area contributed by atoms with Crippen LogP contribution in [0.25, 0.3) is 10.7 Å². The lowest BCUT2D eigenvalue weighted by atomic mass is 10.2. The molecule has 4 heterocycles. The fraction of sp³-hybridized carbons (Fsp3) is 0.389. The highest BCUT2D eigenvalue weighted by Gasteiger charge is 2.23. The Balaban J connectivity index is 1.21. The van der Waals surface area contributed by atoms with Crippen LogP contribution in [0.1, 0.15) is 22.8 Å². The summed E-state index contributed by atoms with van der Waals surface area (Å²) < 4.78 is 5.34. The highest BCUT2D eigenvalue weighted by Crippen LogP contribution is 2.23. The average molecular weight is 440 g/mol. The highest BCUT2D eigenvalue weighted by molar-refractivity contribution is 7.13. The highest BCUT2D eigenvalue weighted by atomic mass is 35.5. The van der Waals surface area contributed by atoms with Crippen molar-refractivity contribution in [3.8, 4) is 10.7 Å². The second-order valence-electron chi connectivity index (χ2n) is 6.57. The number of halogens is 2. The predicted molar refractivity (Wildman–Crippen MR) is 109 cm³/mol. The molecule has 0 aromatic carbocycles. The van der Waals surface area contributed by atoms with Crippen molar-refractivity contribution in [2.75, 3.05) is 32.7 Å². The number of rotatable bonds is 6. The number of nitrogens with zero attached hydrogens (tertiary/aromatic N) is 4. The third-order valence-electron chi connectivity index (χ3n) is 4.69. The molecular weight excluding hydrogens is 421 g/mol. The Bertz CT molecular complexity index is 912. The number of carbonyl (C=O) groups is 1. The van der Waals surface area contributed by atoms with Crippen molar-refractivity contribution in [3.05, 3.63) is 45.3 Å². The SMILES string of the molecule is O=C(c1cc(Cl)c(Cl)[nH]1)N1CCN(CCCc2nc(-c3cccs3)no2)CC1. The van der Waals surface area contributed by atoms with Crippen LogP contribution in [0.5, 0.6) is 0 Å². The number of hydrogen-bond acceptors (Lipinski definition) is 6. The molecule has 7 nitrogen and oxygen atoms in total. The minimum Gasteiger partial charge on any atom is -0.340 e. The van der Waals surface area contributed by atoms with E-state index in [1.54, 1.807) is 17.4 Å². The van der Waals surface area contributed by atoms with Crippen molar-refractivity contribution >= 4 is 40.4 Å². The van der Waals surface area contributed by atoms with Gasteiger partial charge in [-0.3, -0.25) is 9.69 Å². The zero-order chi connectivity index (χ0) is 19.5. The van der Waals surface area contributed by atoms with Crippen LogP contribution in [0.3, 0.4) is 0 Å². The number of thiophene rings is 1. The molecule has 1 fully saturated rings. The molecule has 0 saturated carbocycles. The molecule has 1 N–H and O–H groups in total. The van der Waals surface area contributed by atoms with Gasteiger partial charge in [-0.1, -0.05) is 34.4 Å². The zero-order valence-electron chi connectivity index (χ0n) is 15.0. The number of aromatic nitrogens is 3. The molecule has 148 valence electrons. The van der Waals surface area contributed by atoms with Gasteiger partial charge in [0.15, 0.2) is 0 Å². The number of hydrogen-bond donors (Lipinski definition) is 1. The van der Waals surface area contributed by atoms with Crippen LogP contribution in [0.15, 0.2) is 28.1 Å². The van der Waals surface area contributed by atoms with Crippen LogP contribution in [0.4, 0.5) is 0 Å². The smallest absolute Gasteiger partial charge is 0.270 e. The number of aromatic amines is 1. The first kappa shape index (κ1) is 19.4. The van der Waals surface area contributed by atoms with E-state index in [1.807, 2.05) is 22.4 Å². The van der Waals surface area contributed by atoms with Gasteiger partial charge < -0.3 is 14.4 Å². The van der Waals surface area contributed by atoms with Crippen LogP contribution >= 0.6 is 34.5 Å². The van der Waals surface area contributed by atoms with E-state index < -0.39 is 0 Å². The minimum atomic E-state index is -0.0691. The maximum atomic E-state index is 12.5. The van der Waals surface area contributed by atoms with E-state index in [9.17, 15) is 4.79 Å². The Hall–Kier alpha value is -1.87. The average Bonchev–Trinajstić information content (AvgIpc) is 3.44. The summed E-state index contributed by atoms with van der Waals surface area (Å²) in [6, 6.07) is 5.53. The van der Waals surface area contributed by atoms with Gasteiger partial charge in [0.1, 0.15) is 10.8 Å². The Morgan fingerprint density at radius 2 is 2.11 bits per heavy atom. The molecule has 0 aliphatic carbocycles. The fourth-order valence-corrected chi connectivity index (χ4v) is 4.14. The predicted octanol–water partition coefficient (Wildman–Crippen LogP) is 3.82. The van der Waals surface area contributed by atoms with E-state index in [2.05, 4.69) is 20.0 Å². The Kier molecular flexibility index (Phi) is 6.01. The zero-order valence-corrected chi connectivity index (χ0v) is 17.4. The lowest BCUT2D eigenvalue weighted by Gasteiger charge is -2.34. The molecule has 1 aliphatic heterocycles. The molecular formula is C18H19Cl2N5O2S. The van der Waals surface area contributed by atoms with Gasteiger partial charge in [-0.15, -0.1) is 11.3 Å². The number of nitrogens with one attached hydrogen (secondary N) is 1. The third kappa shape index (κ3) is 4.41. The molecule has 1 aliphatic rings. The van der Waals surface area contributed by atoms with Crippen molar-refractivity contribution in [2.24, 2.45) is 0 Å². The number of aryl methyl sites for hydroxylation is 1. The molecule has 0 bridgehead atoms.